The molecule has 0 heterocycles. The number of unbranched alkanes of at least 4 members (excludes halogenated alkanes) is 1. The Morgan fingerprint density at radius 1 is 1.12 bits per heavy atom. The molecule has 230 valence electrons. The largest absolute Gasteiger partial charge is 0.496 e. The number of amides is 2. The summed E-state index contributed by atoms with van der Waals surface area (Å²) in [4.78, 5) is 28.4. The highest BCUT2D eigenvalue weighted by Crippen LogP contribution is 2.37. The Kier molecular flexibility index (Phi) is 13.4. The second-order valence-corrected chi connectivity index (χ2v) is 11.2. The molecule has 42 heavy (non-hydrogen) atoms. The fourth-order valence-electron chi connectivity index (χ4n) is 4.99. The Hall–Kier alpha value is -2.87. The van der Waals surface area contributed by atoms with Crippen LogP contribution >= 0.6 is 22.6 Å². The molecule has 0 aliphatic heterocycles. The third kappa shape index (κ3) is 8.59. The lowest BCUT2D eigenvalue weighted by atomic mass is 9.87. The number of benzene rings is 2. The first-order valence-corrected chi connectivity index (χ1v) is 15.2. The van der Waals surface area contributed by atoms with Crippen molar-refractivity contribution in [2.75, 3.05) is 33.9 Å². The van der Waals surface area contributed by atoms with Crippen LogP contribution in [0, 0.1) is 3.57 Å². The molecule has 2 aromatic rings. The van der Waals surface area contributed by atoms with Crippen molar-refractivity contribution in [3.63, 3.8) is 0 Å². The van der Waals surface area contributed by atoms with E-state index in [4.69, 9.17) is 14.2 Å². The van der Waals surface area contributed by atoms with Crippen LogP contribution in [0.1, 0.15) is 43.7 Å². The molecule has 0 aromatic heterocycles. The maximum absolute atomic E-state index is 13.6. The molecule has 1 aliphatic rings. The molecule has 11 heteroatoms. The number of para-hydroxylation sites is 1. The number of hydrogen-bond acceptors (Lipinski definition) is 8. The second-order valence-electron chi connectivity index (χ2n) is 10.0. The van der Waals surface area contributed by atoms with Crippen LogP contribution < -0.4 is 19.5 Å². The summed E-state index contributed by atoms with van der Waals surface area (Å²) in [7, 11) is 3.08. The second kappa shape index (κ2) is 16.7. The van der Waals surface area contributed by atoms with E-state index in [2.05, 4.69) is 27.9 Å². The molecule has 2 aromatic carbocycles. The number of carbonyl (C=O) groups excluding carboxylic acids is 2. The molecule has 2 amide bonds. The Balaban J connectivity index is 2.00. The molecule has 3 rings (SSSR count). The molecule has 0 saturated heterocycles. The van der Waals surface area contributed by atoms with Crippen molar-refractivity contribution in [2.45, 2.75) is 63.9 Å². The highest BCUT2D eigenvalue weighted by Gasteiger charge is 2.40. The highest BCUT2D eigenvalue weighted by atomic mass is 127. The monoisotopic (exact) mass is 696 g/mol. The molecule has 0 spiro atoms. The Labute approximate surface area is 260 Å². The molecule has 0 bridgehead atoms. The number of rotatable bonds is 15. The number of methoxy groups -OCH3 is 2. The average Bonchev–Trinajstić information content (AvgIpc) is 3.00. The zero-order valence-electron chi connectivity index (χ0n) is 24.3. The third-order valence-electron chi connectivity index (χ3n) is 7.22. The Bertz CT molecular complexity index is 1240. The number of nitrogens with one attached hydrogen (secondary N) is 1. The molecule has 0 radical (unpaired) electrons. The summed E-state index contributed by atoms with van der Waals surface area (Å²) < 4.78 is 18.0. The molecule has 0 unspecified atom stereocenters. The number of hydrogen-bond donors (Lipinski definition) is 4. The minimum Gasteiger partial charge on any atom is -0.496 e. The first-order valence-electron chi connectivity index (χ1n) is 14.1. The van der Waals surface area contributed by atoms with Gasteiger partial charge in [0.15, 0.2) is 11.5 Å². The lowest BCUT2D eigenvalue weighted by molar-refractivity contribution is -0.138. The molecular formula is C31H41IN2O8. The predicted molar refractivity (Wildman–Crippen MR) is 167 cm³/mol. The van der Waals surface area contributed by atoms with Crippen molar-refractivity contribution in [3.8, 4) is 17.2 Å². The number of carbonyl (C=O) groups is 2. The first-order chi connectivity index (χ1) is 20.3. The fraction of sp³-hybridized carbons (Fsp3) is 0.484. The van der Waals surface area contributed by atoms with Crippen LogP contribution in [0.4, 0.5) is 0 Å². The van der Waals surface area contributed by atoms with Gasteiger partial charge in [0.25, 0.3) is 0 Å². The van der Waals surface area contributed by atoms with Crippen molar-refractivity contribution < 1.29 is 39.1 Å². The van der Waals surface area contributed by atoms with Crippen LogP contribution in [0.5, 0.6) is 17.2 Å². The summed E-state index contributed by atoms with van der Waals surface area (Å²) in [6.07, 6.45) is 1.84. The maximum atomic E-state index is 13.6. The highest BCUT2D eigenvalue weighted by molar-refractivity contribution is 14.1. The lowest BCUT2D eigenvalue weighted by Gasteiger charge is -2.41. The first kappa shape index (κ1) is 33.6. The van der Waals surface area contributed by atoms with E-state index in [9.17, 15) is 24.9 Å². The van der Waals surface area contributed by atoms with Crippen molar-refractivity contribution >= 4 is 34.4 Å². The van der Waals surface area contributed by atoms with Gasteiger partial charge >= 0.3 is 0 Å². The minimum absolute atomic E-state index is 0.0657. The van der Waals surface area contributed by atoms with Crippen LogP contribution in [-0.4, -0.2) is 84.2 Å². The van der Waals surface area contributed by atoms with Gasteiger partial charge in [0.1, 0.15) is 18.0 Å². The lowest BCUT2D eigenvalue weighted by Crippen LogP contribution is -2.55. The molecule has 10 nitrogen and oxygen atoms in total. The van der Waals surface area contributed by atoms with Crippen LogP contribution in [0.15, 0.2) is 48.0 Å². The molecule has 1 aliphatic carbocycles. The summed E-state index contributed by atoms with van der Waals surface area (Å²) in [5, 5.41) is 33.3. The van der Waals surface area contributed by atoms with E-state index in [1.54, 1.807) is 30.2 Å². The number of aliphatic hydroxyl groups excluding tert-OH is 3. The van der Waals surface area contributed by atoms with E-state index >= 15 is 0 Å². The fourth-order valence-corrected chi connectivity index (χ4v) is 5.78. The van der Waals surface area contributed by atoms with Crippen molar-refractivity contribution in [3.05, 3.63) is 62.7 Å². The minimum atomic E-state index is -1.17. The molecule has 0 saturated carbocycles. The van der Waals surface area contributed by atoms with E-state index in [0.29, 0.717) is 57.8 Å². The zero-order valence-corrected chi connectivity index (χ0v) is 26.5. The zero-order chi connectivity index (χ0) is 30.6. The number of halogens is 1. The number of aliphatic hydroxyl groups is 3. The van der Waals surface area contributed by atoms with Gasteiger partial charge in [-0.15, -0.1) is 0 Å². The van der Waals surface area contributed by atoms with Gasteiger partial charge in [-0.1, -0.05) is 31.5 Å². The summed E-state index contributed by atoms with van der Waals surface area (Å²) in [5.41, 5.74) is 1.90. The normalized spacial score (nSPS) is 18.2. The summed E-state index contributed by atoms with van der Waals surface area (Å²) in [6, 6.07) is 10.2. The topological polar surface area (TPSA) is 138 Å². The van der Waals surface area contributed by atoms with E-state index < -0.39 is 24.2 Å². The molecule has 0 fully saturated rings. The summed E-state index contributed by atoms with van der Waals surface area (Å²) in [6.45, 7) is 1.97. The SMILES string of the molecule is CCCCC(=O)N(CCc1ccccc1OC)[C@@H]1CC(C(=O)NCCO)=C[C@H](Oc2c(I)cc(CO)cc2OC)[C@H]1O. The molecule has 4 N–H and O–H groups in total. The van der Waals surface area contributed by atoms with E-state index in [1.165, 1.54) is 7.11 Å². The van der Waals surface area contributed by atoms with Crippen LogP contribution in [0.2, 0.25) is 0 Å². The number of ether oxygens (including phenoxy) is 3. The summed E-state index contributed by atoms with van der Waals surface area (Å²) in [5.74, 6) is 0.903. The van der Waals surface area contributed by atoms with Crippen molar-refractivity contribution in [1.29, 1.82) is 0 Å². The third-order valence-corrected chi connectivity index (χ3v) is 8.02. The molecule has 3 atom stereocenters. The van der Waals surface area contributed by atoms with Gasteiger partial charge in [0.05, 0.1) is 37.0 Å². The van der Waals surface area contributed by atoms with Crippen LogP contribution in [-0.2, 0) is 22.6 Å². The van der Waals surface area contributed by atoms with Gasteiger partial charge < -0.3 is 39.7 Å². The Morgan fingerprint density at radius 3 is 2.52 bits per heavy atom. The van der Waals surface area contributed by atoms with Crippen molar-refractivity contribution in [2.24, 2.45) is 0 Å². The van der Waals surface area contributed by atoms with Crippen LogP contribution in [0.3, 0.4) is 0 Å². The van der Waals surface area contributed by atoms with Gasteiger partial charge in [-0.2, -0.15) is 0 Å². The van der Waals surface area contributed by atoms with Gasteiger partial charge in [-0.3, -0.25) is 9.59 Å². The van der Waals surface area contributed by atoms with Crippen molar-refractivity contribution in [1.82, 2.24) is 10.2 Å². The number of nitrogens with zero attached hydrogens (tertiary/aromatic N) is 1. The van der Waals surface area contributed by atoms with E-state index in [-0.39, 0.29) is 32.1 Å². The maximum Gasteiger partial charge on any atom is 0.247 e. The van der Waals surface area contributed by atoms with Gasteiger partial charge in [-0.25, -0.2) is 0 Å². The average molecular weight is 697 g/mol. The van der Waals surface area contributed by atoms with Gasteiger partial charge in [0.2, 0.25) is 11.8 Å². The van der Waals surface area contributed by atoms with Crippen LogP contribution in [0.25, 0.3) is 0 Å². The predicted octanol–water partition coefficient (Wildman–Crippen LogP) is 2.98. The molecular weight excluding hydrogens is 655 g/mol. The van der Waals surface area contributed by atoms with E-state index in [1.807, 2.05) is 31.2 Å². The van der Waals surface area contributed by atoms with Gasteiger partial charge in [0, 0.05) is 31.5 Å². The summed E-state index contributed by atoms with van der Waals surface area (Å²) >= 11 is 2.07. The quantitative estimate of drug-likeness (QED) is 0.209. The van der Waals surface area contributed by atoms with Gasteiger partial charge in [-0.05, 0) is 70.8 Å². The Morgan fingerprint density at radius 2 is 1.86 bits per heavy atom. The van der Waals surface area contributed by atoms with E-state index in [0.717, 1.165) is 12.0 Å². The smallest absolute Gasteiger partial charge is 0.247 e. The standard InChI is InChI=1S/C31H41IN2O8/c1-4-5-10-28(37)34(13-11-21-8-6-7-9-25(21)40-2)24-17-22(31(39)33-12-14-35)18-26(29(24)38)42-30-23(32)15-20(19-36)16-27(30)41-3/h6-9,15-16,18,24,26,29,35-36,38H,4-5,10-14,17,19H2,1-3H3,(H,33,39)/t24-,26+,29+/m1/s1.